The molecule has 4 nitrogen and oxygen atoms in total. The average molecular weight is 313 g/mol. The highest BCUT2D eigenvalue weighted by Gasteiger charge is 2.06. The lowest BCUT2D eigenvalue weighted by atomic mass is 10.1. The first-order valence-corrected chi connectivity index (χ1v) is 7.93. The molecule has 2 aromatic rings. The number of carbonyl (C=O) groups is 1. The molecule has 0 saturated heterocycles. The lowest BCUT2D eigenvalue weighted by Gasteiger charge is -2.11. The van der Waals surface area contributed by atoms with Gasteiger partial charge in [-0.1, -0.05) is 12.1 Å². The Morgan fingerprint density at radius 1 is 1.13 bits per heavy atom. The molecule has 0 amide bonds. The molecular weight excluding hydrogens is 290 g/mol. The molecule has 0 atom stereocenters. The van der Waals surface area contributed by atoms with Crippen LogP contribution in [0.5, 0.6) is 5.75 Å². The Hall–Kier alpha value is -2.36. The predicted octanol–water partition coefficient (Wildman–Crippen LogP) is 3.59. The van der Waals surface area contributed by atoms with Gasteiger partial charge in [0, 0.05) is 12.4 Å². The van der Waals surface area contributed by atoms with Gasteiger partial charge < -0.3 is 9.47 Å². The lowest BCUT2D eigenvalue weighted by Crippen LogP contribution is -2.10. The molecule has 0 aliphatic rings. The van der Waals surface area contributed by atoms with Crippen molar-refractivity contribution in [1.82, 2.24) is 4.98 Å². The Kier molecular flexibility index (Phi) is 6.60. The summed E-state index contributed by atoms with van der Waals surface area (Å²) in [6, 6.07) is 11.5. The van der Waals surface area contributed by atoms with E-state index in [9.17, 15) is 4.79 Å². The van der Waals surface area contributed by atoms with E-state index >= 15 is 0 Å². The summed E-state index contributed by atoms with van der Waals surface area (Å²) in [5, 5.41) is 0. The Morgan fingerprint density at radius 2 is 1.91 bits per heavy atom. The third-order valence-electron chi connectivity index (χ3n) is 3.24. The lowest BCUT2D eigenvalue weighted by molar-refractivity contribution is -0.142. The highest BCUT2D eigenvalue weighted by molar-refractivity contribution is 5.72. The van der Waals surface area contributed by atoms with Crippen molar-refractivity contribution >= 4 is 5.97 Å². The van der Waals surface area contributed by atoms with Crippen LogP contribution in [0.25, 0.3) is 0 Å². The maximum atomic E-state index is 11.9. The number of carbonyl (C=O) groups excluding carboxylic acids is 1. The molecule has 4 heteroatoms. The maximum absolute atomic E-state index is 11.9. The van der Waals surface area contributed by atoms with Crippen LogP contribution in [0.2, 0.25) is 0 Å². The number of nitrogens with zero attached hydrogens (tertiary/aromatic N) is 1. The number of benzene rings is 1. The van der Waals surface area contributed by atoms with Gasteiger partial charge in [-0.05, 0) is 62.1 Å². The van der Waals surface area contributed by atoms with Crippen LogP contribution in [0.15, 0.2) is 48.8 Å². The largest absolute Gasteiger partial charge is 0.491 e. The van der Waals surface area contributed by atoms with Crippen molar-refractivity contribution in [3.63, 3.8) is 0 Å². The van der Waals surface area contributed by atoms with E-state index in [2.05, 4.69) is 4.98 Å². The molecule has 0 fully saturated rings. The zero-order valence-corrected chi connectivity index (χ0v) is 13.7. The summed E-state index contributed by atoms with van der Waals surface area (Å²) in [4.78, 5) is 15.9. The number of hydrogen-bond acceptors (Lipinski definition) is 4. The molecule has 1 heterocycles. The van der Waals surface area contributed by atoms with Crippen molar-refractivity contribution in [2.75, 3.05) is 6.61 Å². The summed E-state index contributed by atoms with van der Waals surface area (Å²) in [7, 11) is 0. The normalized spacial score (nSPS) is 10.6. The number of aryl methyl sites for hydroxylation is 1. The fourth-order valence-electron chi connectivity index (χ4n) is 2.23. The van der Waals surface area contributed by atoms with Gasteiger partial charge in [0.15, 0.2) is 0 Å². The van der Waals surface area contributed by atoms with Gasteiger partial charge in [-0.2, -0.15) is 0 Å². The second-order valence-electron chi connectivity index (χ2n) is 5.67. The molecule has 0 N–H and O–H groups in total. The van der Waals surface area contributed by atoms with E-state index in [0.717, 1.165) is 24.2 Å². The van der Waals surface area contributed by atoms with Gasteiger partial charge >= 0.3 is 5.97 Å². The molecule has 23 heavy (non-hydrogen) atoms. The quantitative estimate of drug-likeness (QED) is 0.552. The van der Waals surface area contributed by atoms with Crippen LogP contribution >= 0.6 is 0 Å². The minimum atomic E-state index is -0.207. The van der Waals surface area contributed by atoms with Crippen molar-refractivity contribution < 1.29 is 14.3 Å². The molecule has 1 aromatic heterocycles. The number of hydrogen-bond donors (Lipinski definition) is 0. The summed E-state index contributed by atoms with van der Waals surface area (Å²) in [5.74, 6) is 0.574. The molecule has 1 aromatic carbocycles. The Bertz CT molecular complexity index is 611. The van der Waals surface area contributed by atoms with Crippen molar-refractivity contribution in [2.45, 2.75) is 39.2 Å². The van der Waals surface area contributed by atoms with Crippen LogP contribution in [0.3, 0.4) is 0 Å². The zero-order valence-electron chi connectivity index (χ0n) is 13.7. The molecule has 0 unspecified atom stereocenters. The first kappa shape index (κ1) is 17.0. The van der Waals surface area contributed by atoms with Crippen LogP contribution < -0.4 is 4.74 Å². The summed E-state index contributed by atoms with van der Waals surface area (Å²) >= 11 is 0. The van der Waals surface area contributed by atoms with Gasteiger partial charge in [-0.25, -0.2) is 0 Å². The molecule has 0 aliphatic carbocycles. The maximum Gasteiger partial charge on any atom is 0.310 e. The van der Waals surface area contributed by atoms with E-state index < -0.39 is 0 Å². The van der Waals surface area contributed by atoms with Crippen molar-refractivity contribution in [3.05, 3.63) is 59.9 Å². The Balaban J connectivity index is 1.72. The Morgan fingerprint density at radius 3 is 2.65 bits per heavy atom. The van der Waals surface area contributed by atoms with Crippen molar-refractivity contribution in [1.29, 1.82) is 0 Å². The predicted molar refractivity (Wildman–Crippen MR) is 89.4 cm³/mol. The van der Waals surface area contributed by atoms with Gasteiger partial charge in [0.1, 0.15) is 5.75 Å². The molecule has 0 saturated carbocycles. The van der Waals surface area contributed by atoms with Crippen molar-refractivity contribution in [2.24, 2.45) is 0 Å². The molecule has 0 aliphatic heterocycles. The highest BCUT2D eigenvalue weighted by atomic mass is 16.5. The van der Waals surface area contributed by atoms with Crippen LogP contribution in [0, 0.1) is 0 Å². The average Bonchev–Trinajstić information content (AvgIpc) is 2.52. The molecule has 0 spiro atoms. The van der Waals surface area contributed by atoms with Crippen LogP contribution in [-0.2, 0) is 22.4 Å². The van der Waals surface area contributed by atoms with Crippen LogP contribution in [0.1, 0.15) is 31.4 Å². The van der Waals surface area contributed by atoms with Gasteiger partial charge in [0.25, 0.3) is 0 Å². The molecular formula is C19H23NO3. The standard InChI is InChI=1S/C19H23NO3/c1-15(2)23-18-7-3-5-17(13-18)14-19(21)22-12-4-6-16-8-10-20-11-9-16/h3,5,7-11,13,15H,4,6,12,14H2,1-2H3. The number of esters is 1. The highest BCUT2D eigenvalue weighted by Crippen LogP contribution is 2.15. The molecule has 122 valence electrons. The topological polar surface area (TPSA) is 48.4 Å². The molecule has 0 bridgehead atoms. The summed E-state index contributed by atoms with van der Waals surface area (Å²) < 4.78 is 10.9. The van der Waals surface area contributed by atoms with E-state index in [4.69, 9.17) is 9.47 Å². The third kappa shape index (κ3) is 6.51. The smallest absolute Gasteiger partial charge is 0.310 e. The summed E-state index contributed by atoms with van der Waals surface area (Å²) in [6.45, 7) is 4.39. The summed E-state index contributed by atoms with van der Waals surface area (Å²) in [5.41, 5.74) is 2.11. The van der Waals surface area contributed by atoms with Gasteiger partial charge in [-0.15, -0.1) is 0 Å². The van der Waals surface area contributed by atoms with E-state index in [1.165, 1.54) is 5.56 Å². The number of ether oxygens (including phenoxy) is 2. The van der Waals surface area contributed by atoms with E-state index in [-0.39, 0.29) is 18.5 Å². The van der Waals surface area contributed by atoms with Gasteiger partial charge in [0.05, 0.1) is 19.1 Å². The van der Waals surface area contributed by atoms with Crippen LogP contribution in [0.4, 0.5) is 0 Å². The van der Waals surface area contributed by atoms with Crippen LogP contribution in [-0.4, -0.2) is 23.7 Å². The first-order valence-electron chi connectivity index (χ1n) is 7.93. The zero-order chi connectivity index (χ0) is 16.5. The minimum absolute atomic E-state index is 0.116. The van der Waals surface area contributed by atoms with E-state index in [0.29, 0.717) is 6.61 Å². The molecule has 0 radical (unpaired) electrons. The fraction of sp³-hybridized carbons (Fsp3) is 0.368. The second-order valence-corrected chi connectivity index (χ2v) is 5.67. The van der Waals surface area contributed by atoms with Gasteiger partial charge in [-0.3, -0.25) is 9.78 Å². The summed E-state index contributed by atoms with van der Waals surface area (Å²) in [6.07, 6.45) is 5.62. The second kappa shape index (κ2) is 8.93. The third-order valence-corrected chi connectivity index (χ3v) is 3.24. The van der Waals surface area contributed by atoms with E-state index in [1.54, 1.807) is 12.4 Å². The van der Waals surface area contributed by atoms with Gasteiger partial charge in [0.2, 0.25) is 0 Å². The Labute approximate surface area is 137 Å². The number of rotatable bonds is 8. The minimum Gasteiger partial charge on any atom is -0.491 e. The van der Waals surface area contributed by atoms with E-state index in [1.807, 2.05) is 50.2 Å². The first-order chi connectivity index (χ1) is 11.1. The number of pyridine rings is 1. The monoisotopic (exact) mass is 313 g/mol. The fourth-order valence-corrected chi connectivity index (χ4v) is 2.23. The molecule has 2 rings (SSSR count). The SMILES string of the molecule is CC(C)Oc1cccc(CC(=O)OCCCc2ccncc2)c1. The van der Waals surface area contributed by atoms with Crippen molar-refractivity contribution in [3.8, 4) is 5.75 Å². The number of aromatic nitrogens is 1.